The maximum absolute atomic E-state index is 6.12. The van der Waals surface area contributed by atoms with Crippen molar-refractivity contribution in [2.75, 3.05) is 13.2 Å². The van der Waals surface area contributed by atoms with Crippen molar-refractivity contribution in [2.45, 2.75) is 91.6 Å². The summed E-state index contributed by atoms with van der Waals surface area (Å²) in [5, 5.41) is 9.36. The number of rotatable bonds is 14. The van der Waals surface area contributed by atoms with Crippen molar-refractivity contribution in [3.8, 4) is 0 Å². The molecule has 0 fully saturated rings. The summed E-state index contributed by atoms with van der Waals surface area (Å²) in [6.07, 6.45) is 15.5. The number of aromatic nitrogens is 4. The zero-order chi connectivity index (χ0) is 24.5. The summed E-state index contributed by atoms with van der Waals surface area (Å²) < 4.78 is 16.2. The van der Waals surface area contributed by atoms with Crippen LogP contribution in [0.1, 0.15) is 80.9 Å². The van der Waals surface area contributed by atoms with Crippen LogP contribution in [0.15, 0.2) is 24.0 Å². The van der Waals surface area contributed by atoms with Crippen LogP contribution in [0.2, 0.25) is 0 Å². The Morgan fingerprint density at radius 1 is 0.824 bits per heavy atom. The first kappa shape index (κ1) is 26.3. The van der Waals surface area contributed by atoms with Gasteiger partial charge in [-0.05, 0) is 81.1 Å². The minimum absolute atomic E-state index is 0.146. The molecule has 2 aromatic rings. The molecule has 0 spiro atoms. The normalized spacial score (nSPS) is 15.7. The molecule has 0 bridgehead atoms. The van der Waals surface area contributed by atoms with E-state index in [0.29, 0.717) is 0 Å². The molecule has 1 unspecified atom stereocenters. The van der Waals surface area contributed by atoms with Gasteiger partial charge >= 0.3 is 0 Å². The van der Waals surface area contributed by atoms with E-state index in [9.17, 15) is 0 Å². The van der Waals surface area contributed by atoms with Crippen LogP contribution in [-0.2, 0) is 62.1 Å². The van der Waals surface area contributed by atoms with E-state index in [1.807, 2.05) is 9.36 Å². The Morgan fingerprint density at radius 3 is 1.85 bits per heavy atom. The Morgan fingerprint density at radius 2 is 1.38 bits per heavy atom. The van der Waals surface area contributed by atoms with Crippen molar-refractivity contribution in [3.05, 3.63) is 57.9 Å². The maximum Gasteiger partial charge on any atom is 0.115 e. The summed E-state index contributed by atoms with van der Waals surface area (Å²) in [4.78, 5) is 0. The van der Waals surface area contributed by atoms with Crippen LogP contribution in [0.4, 0.5) is 0 Å². The number of aryl methyl sites for hydroxylation is 4. The van der Waals surface area contributed by atoms with Crippen molar-refractivity contribution in [2.24, 2.45) is 14.1 Å². The third-order valence-electron chi connectivity index (χ3n) is 6.82. The average Bonchev–Trinajstić information content (AvgIpc) is 3.34. The van der Waals surface area contributed by atoms with Gasteiger partial charge in [0.1, 0.15) is 5.76 Å². The summed E-state index contributed by atoms with van der Waals surface area (Å²) in [6, 6.07) is 0. The van der Waals surface area contributed by atoms with Crippen LogP contribution in [0.5, 0.6) is 0 Å². The highest BCUT2D eigenvalue weighted by Crippen LogP contribution is 2.20. The van der Waals surface area contributed by atoms with Gasteiger partial charge in [0.2, 0.25) is 0 Å². The quantitative estimate of drug-likeness (QED) is 0.357. The van der Waals surface area contributed by atoms with Gasteiger partial charge in [-0.25, -0.2) is 0 Å². The molecular weight excluding hydrogens is 424 g/mol. The lowest BCUT2D eigenvalue weighted by Gasteiger charge is -2.18. The topological polar surface area (TPSA) is 54.1 Å². The van der Waals surface area contributed by atoms with E-state index in [0.717, 1.165) is 76.8 Å². The molecule has 0 aromatic carbocycles. The highest BCUT2D eigenvalue weighted by Gasteiger charge is 2.15. The number of ether oxygens (including phenoxy) is 2. The molecule has 6 nitrogen and oxygen atoms in total. The van der Waals surface area contributed by atoms with E-state index in [1.165, 1.54) is 33.9 Å². The zero-order valence-corrected chi connectivity index (χ0v) is 22.2. The van der Waals surface area contributed by atoms with Crippen molar-refractivity contribution in [1.29, 1.82) is 0 Å². The van der Waals surface area contributed by atoms with Crippen LogP contribution in [-0.4, -0.2) is 38.9 Å². The Hall–Kier alpha value is -2.34. The molecule has 0 aliphatic heterocycles. The average molecular weight is 469 g/mol. The van der Waals surface area contributed by atoms with Gasteiger partial charge in [0.15, 0.2) is 0 Å². The molecular formula is C28H44N4O2. The van der Waals surface area contributed by atoms with Gasteiger partial charge in [-0.15, -0.1) is 0 Å². The molecule has 0 saturated carbocycles. The smallest absolute Gasteiger partial charge is 0.115 e. The monoisotopic (exact) mass is 468 g/mol. The van der Waals surface area contributed by atoms with Gasteiger partial charge in [-0.3, -0.25) is 9.36 Å². The van der Waals surface area contributed by atoms with E-state index in [4.69, 9.17) is 9.47 Å². The fourth-order valence-corrected chi connectivity index (χ4v) is 5.09. The summed E-state index contributed by atoms with van der Waals surface area (Å²) >= 11 is 0. The Bertz CT molecular complexity index is 983. The second-order valence-corrected chi connectivity index (χ2v) is 9.07. The third kappa shape index (κ3) is 6.41. The van der Waals surface area contributed by atoms with Gasteiger partial charge in [-0.1, -0.05) is 33.8 Å². The fraction of sp³-hybridized carbons (Fsp3) is 0.643. The summed E-state index contributed by atoms with van der Waals surface area (Å²) in [7, 11) is 4.11. The molecule has 3 rings (SSSR count). The predicted octanol–water partition coefficient (Wildman–Crippen LogP) is 5.21. The van der Waals surface area contributed by atoms with Crippen molar-refractivity contribution < 1.29 is 9.47 Å². The second-order valence-electron chi connectivity index (χ2n) is 9.07. The number of nitrogens with zero attached hydrogens (tertiary/aromatic N) is 4. The van der Waals surface area contributed by atoms with Gasteiger partial charge in [0.25, 0.3) is 0 Å². The molecule has 2 heterocycles. The van der Waals surface area contributed by atoms with Crippen molar-refractivity contribution in [1.82, 2.24) is 19.6 Å². The SMILES string of the molecule is CCc1nn(C)c(CC)c1CCCOC1=CCC(OCCCc2c(CC)nn(C)c2CC)C=C1. The first-order valence-electron chi connectivity index (χ1n) is 13.2. The lowest BCUT2D eigenvalue weighted by atomic mass is 10.0. The number of hydrogen-bond acceptors (Lipinski definition) is 4. The van der Waals surface area contributed by atoms with Crippen LogP contribution < -0.4 is 0 Å². The van der Waals surface area contributed by atoms with E-state index >= 15 is 0 Å². The highest BCUT2D eigenvalue weighted by molar-refractivity contribution is 5.28. The molecule has 0 amide bonds. The second kappa shape index (κ2) is 12.9. The summed E-state index contributed by atoms with van der Waals surface area (Å²) in [5.74, 6) is 0.966. The molecule has 0 saturated heterocycles. The summed E-state index contributed by atoms with van der Waals surface area (Å²) in [5.41, 5.74) is 8.03. The minimum Gasteiger partial charge on any atom is -0.494 e. The lowest BCUT2D eigenvalue weighted by Crippen LogP contribution is -2.14. The molecule has 1 aliphatic rings. The Balaban J connectivity index is 1.36. The molecule has 188 valence electrons. The first-order chi connectivity index (χ1) is 16.5. The standard InChI is InChI=1S/C28H44N4O2/c1-7-25-23(27(9-3)31(5)29-25)13-11-19-33-21-15-17-22(18-16-21)34-20-12-14-24-26(8-2)30-32(6)28(24)10-4/h15-17,22H,7-14,18-20H2,1-6H3. The van der Waals surface area contributed by atoms with E-state index in [1.54, 1.807) is 0 Å². The fourth-order valence-electron chi connectivity index (χ4n) is 5.09. The van der Waals surface area contributed by atoms with Gasteiger partial charge in [-0.2, -0.15) is 10.2 Å². The molecule has 2 aromatic heterocycles. The van der Waals surface area contributed by atoms with Crippen molar-refractivity contribution >= 4 is 0 Å². The molecule has 6 heteroatoms. The lowest BCUT2D eigenvalue weighted by molar-refractivity contribution is 0.0822. The van der Waals surface area contributed by atoms with Gasteiger partial charge < -0.3 is 9.47 Å². The number of hydrogen-bond donors (Lipinski definition) is 0. The third-order valence-corrected chi connectivity index (χ3v) is 6.82. The minimum atomic E-state index is 0.146. The molecule has 1 aliphatic carbocycles. The molecule has 0 radical (unpaired) electrons. The Kier molecular flexibility index (Phi) is 10.00. The maximum atomic E-state index is 6.12. The van der Waals surface area contributed by atoms with Crippen LogP contribution in [0.3, 0.4) is 0 Å². The largest absolute Gasteiger partial charge is 0.494 e. The van der Waals surface area contributed by atoms with Crippen LogP contribution >= 0.6 is 0 Å². The van der Waals surface area contributed by atoms with Crippen LogP contribution in [0.25, 0.3) is 0 Å². The number of allylic oxidation sites excluding steroid dienone is 1. The van der Waals surface area contributed by atoms with E-state index in [2.05, 4.69) is 70.2 Å². The van der Waals surface area contributed by atoms with Gasteiger partial charge in [0, 0.05) is 32.1 Å². The van der Waals surface area contributed by atoms with Gasteiger partial charge in [0.05, 0.1) is 24.1 Å². The van der Waals surface area contributed by atoms with E-state index < -0.39 is 0 Å². The molecule has 34 heavy (non-hydrogen) atoms. The zero-order valence-electron chi connectivity index (χ0n) is 22.2. The first-order valence-corrected chi connectivity index (χ1v) is 13.2. The molecule has 0 N–H and O–H groups in total. The predicted molar refractivity (Wildman–Crippen MR) is 138 cm³/mol. The molecule has 1 atom stereocenters. The highest BCUT2D eigenvalue weighted by atomic mass is 16.5. The van der Waals surface area contributed by atoms with Crippen LogP contribution in [0, 0.1) is 0 Å². The Labute approximate surface area is 206 Å². The van der Waals surface area contributed by atoms with E-state index in [-0.39, 0.29) is 6.10 Å². The van der Waals surface area contributed by atoms with Crippen molar-refractivity contribution in [3.63, 3.8) is 0 Å². The summed E-state index contributed by atoms with van der Waals surface area (Å²) in [6.45, 7) is 10.3.